The summed E-state index contributed by atoms with van der Waals surface area (Å²) in [5, 5.41) is 2.65. The molecule has 1 N–H and O–H groups in total. The number of furan rings is 1. The van der Waals surface area contributed by atoms with E-state index in [0.29, 0.717) is 11.8 Å². The number of esters is 1. The fourth-order valence-corrected chi connectivity index (χ4v) is 4.55. The van der Waals surface area contributed by atoms with Gasteiger partial charge in [-0.15, -0.1) is 0 Å². The summed E-state index contributed by atoms with van der Waals surface area (Å²) in [5.74, 6) is -0.697. The maximum atomic E-state index is 12.9. The van der Waals surface area contributed by atoms with E-state index in [2.05, 4.69) is 34.5 Å². The summed E-state index contributed by atoms with van der Waals surface area (Å²) in [6.45, 7) is 4.07. The zero-order valence-corrected chi connectivity index (χ0v) is 18.1. The molecule has 0 aromatic carbocycles. The van der Waals surface area contributed by atoms with Crippen molar-refractivity contribution in [3.8, 4) is 0 Å². The summed E-state index contributed by atoms with van der Waals surface area (Å²) < 4.78 is 12.4. The predicted molar refractivity (Wildman–Crippen MR) is 113 cm³/mol. The van der Waals surface area contributed by atoms with Gasteiger partial charge in [-0.1, -0.05) is 19.3 Å². The number of amides is 3. The molecule has 2 aromatic heterocycles. The van der Waals surface area contributed by atoms with Crippen LogP contribution in [0.5, 0.6) is 0 Å². The molecule has 4 rings (SSSR count). The van der Waals surface area contributed by atoms with Crippen molar-refractivity contribution in [2.45, 2.75) is 58.5 Å². The molecule has 1 aliphatic heterocycles. The van der Waals surface area contributed by atoms with Crippen molar-refractivity contribution < 1.29 is 23.5 Å². The Morgan fingerprint density at radius 1 is 1.23 bits per heavy atom. The molecule has 0 unspecified atom stereocenters. The number of carbonyl (C=O) groups is 3. The quantitative estimate of drug-likeness (QED) is 0.443. The highest BCUT2D eigenvalue weighted by Crippen LogP contribution is 2.33. The summed E-state index contributed by atoms with van der Waals surface area (Å²) in [5.41, 5.74) is 3.43. The van der Waals surface area contributed by atoms with Crippen LogP contribution in [-0.2, 0) is 16.1 Å². The number of urea groups is 1. The van der Waals surface area contributed by atoms with Crippen LogP contribution in [0.25, 0.3) is 6.08 Å². The van der Waals surface area contributed by atoms with E-state index in [1.165, 1.54) is 45.3 Å². The van der Waals surface area contributed by atoms with Crippen molar-refractivity contribution >= 4 is 24.0 Å². The molecule has 8 nitrogen and oxygen atoms in total. The lowest BCUT2D eigenvalue weighted by Crippen LogP contribution is -2.30. The smallest absolute Gasteiger partial charge is 0.373 e. The van der Waals surface area contributed by atoms with E-state index in [9.17, 15) is 14.4 Å². The van der Waals surface area contributed by atoms with Gasteiger partial charge in [0.05, 0.1) is 13.7 Å². The average Bonchev–Trinajstić information content (AvgIpc) is 3.42. The largest absolute Gasteiger partial charge is 0.463 e. The second-order valence-corrected chi connectivity index (χ2v) is 8.13. The number of rotatable bonds is 5. The van der Waals surface area contributed by atoms with Crippen molar-refractivity contribution in [2.75, 3.05) is 7.11 Å². The minimum absolute atomic E-state index is 0.0236. The van der Waals surface area contributed by atoms with Crippen molar-refractivity contribution in [2.24, 2.45) is 0 Å². The maximum Gasteiger partial charge on any atom is 0.373 e. The minimum atomic E-state index is -0.614. The van der Waals surface area contributed by atoms with Gasteiger partial charge in [0.15, 0.2) is 0 Å². The summed E-state index contributed by atoms with van der Waals surface area (Å²) >= 11 is 0. The van der Waals surface area contributed by atoms with Crippen LogP contribution in [0.15, 0.2) is 28.3 Å². The number of carbonyl (C=O) groups excluding carboxylic acids is 3. The fourth-order valence-electron chi connectivity index (χ4n) is 4.55. The standard InChI is InChI=1S/C23H27N3O5/c1-14-11-16(15(2)26(14)17-7-5-4-6-8-17)12-19-21(27)25(23(29)24-19)13-18-9-10-20(31-18)22(28)30-3/h9-12,17H,4-8,13H2,1-3H3,(H,24,29)/b19-12-. The van der Waals surface area contributed by atoms with Crippen molar-refractivity contribution in [1.29, 1.82) is 0 Å². The van der Waals surface area contributed by atoms with Crippen LogP contribution in [0.2, 0.25) is 0 Å². The van der Waals surface area contributed by atoms with Crippen LogP contribution in [-0.4, -0.2) is 34.5 Å². The van der Waals surface area contributed by atoms with Gasteiger partial charge in [-0.25, -0.2) is 9.59 Å². The van der Waals surface area contributed by atoms with Gasteiger partial charge in [0, 0.05) is 17.4 Å². The van der Waals surface area contributed by atoms with E-state index in [-0.39, 0.29) is 18.0 Å². The Morgan fingerprint density at radius 3 is 2.68 bits per heavy atom. The Morgan fingerprint density at radius 2 is 1.97 bits per heavy atom. The Bertz CT molecular complexity index is 1060. The molecule has 2 fully saturated rings. The highest BCUT2D eigenvalue weighted by molar-refractivity contribution is 6.13. The second-order valence-electron chi connectivity index (χ2n) is 8.13. The van der Waals surface area contributed by atoms with Crippen molar-refractivity contribution in [1.82, 2.24) is 14.8 Å². The topological polar surface area (TPSA) is 93.8 Å². The first-order chi connectivity index (χ1) is 14.9. The fraction of sp³-hybridized carbons (Fsp3) is 0.435. The SMILES string of the molecule is COC(=O)c1ccc(CN2C(=O)N/C(=C\c3cc(C)n(C4CCCCC4)c3C)C2=O)o1. The molecule has 1 saturated heterocycles. The lowest BCUT2D eigenvalue weighted by Gasteiger charge is -2.26. The van der Waals surface area contributed by atoms with Crippen LogP contribution in [0.3, 0.4) is 0 Å². The number of hydrogen-bond acceptors (Lipinski definition) is 5. The van der Waals surface area contributed by atoms with Crippen LogP contribution in [0.4, 0.5) is 4.79 Å². The highest BCUT2D eigenvalue weighted by atomic mass is 16.5. The van der Waals surface area contributed by atoms with Gasteiger partial charge in [0.2, 0.25) is 5.76 Å². The van der Waals surface area contributed by atoms with Gasteiger partial charge in [0.1, 0.15) is 11.5 Å². The molecule has 3 heterocycles. The third-order valence-corrected chi connectivity index (χ3v) is 6.09. The molecule has 8 heteroatoms. The molecule has 0 atom stereocenters. The van der Waals surface area contributed by atoms with Crippen molar-refractivity contribution in [3.05, 3.63) is 52.4 Å². The normalized spacial score (nSPS) is 18.7. The van der Waals surface area contributed by atoms with Crippen LogP contribution in [0.1, 0.15) is 71.4 Å². The Labute approximate surface area is 180 Å². The number of aryl methyl sites for hydroxylation is 1. The number of imide groups is 1. The van der Waals surface area contributed by atoms with E-state index < -0.39 is 17.9 Å². The van der Waals surface area contributed by atoms with E-state index in [0.717, 1.165) is 21.9 Å². The molecule has 0 spiro atoms. The van der Waals surface area contributed by atoms with E-state index >= 15 is 0 Å². The molecule has 31 heavy (non-hydrogen) atoms. The number of methoxy groups -OCH3 is 1. The summed E-state index contributed by atoms with van der Waals surface area (Å²) in [6.07, 6.45) is 7.86. The molecule has 1 aliphatic carbocycles. The molecule has 3 amide bonds. The molecular weight excluding hydrogens is 398 g/mol. The maximum absolute atomic E-state index is 12.9. The van der Waals surface area contributed by atoms with Gasteiger partial charge in [-0.05, 0) is 56.5 Å². The Kier molecular flexibility index (Phi) is 5.71. The molecule has 2 aliphatic rings. The van der Waals surface area contributed by atoms with Gasteiger partial charge in [0.25, 0.3) is 5.91 Å². The molecule has 1 saturated carbocycles. The average molecular weight is 425 g/mol. The van der Waals surface area contributed by atoms with Crippen LogP contribution >= 0.6 is 0 Å². The van der Waals surface area contributed by atoms with E-state index in [1.807, 2.05) is 0 Å². The number of aromatic nitrogens is 1. The highest BCUT2D eigenvalue weighted by Gasteiger charge is 2.34. The van der Waals surface area contributed by atoms with Crippen molar-refractivity contribution in [3.63, 3.8) is 0 Å². The third-order valence-electron chi connectivity index (χ3n) is 6.09. The Hall–Kier alpha value is -3.29. The zero-order chi connectivity index (χ0) is 22.1. The second kappa shape index (κ2) is 8.45. The number of nitrogens with zero attached hydrogens (tertiary/aromatic N) is 2. The van der Waals surface area contributed by atoms with Gasteiger partial charge < -0.3 is 19.0 Å². The number of hydrogen-bond donors (Lipinski definition) is 1. The van der Waals surface area contributed by atoms with Crippen LogP contribution < -0.4 is 5.32 Å². The first kappa shape index (κ1) is 21.0. The first-order valence-electron chi connectivity index (χ1n) is 10.6. The van der Waals surface area contributed by atoms with Crippen LogP contribution in [0, 0.1) is 13.8 Å². The van der Waals surface area contributed by atoms with Gasteiger partial charge >= 0.3 is 12.0 Å². The van der Waals surface area contributed by atoms with E-state index in [4.69, 9.17) is 4.42 Å². The zero-order valence-electron chi connectivity index (χ0n) is 18.1. The molecule has 0 radical (unpaired) electrons. The summed E-state index contributed by atoms with van der Waals surface area (Å²) in [6, 6.07) is 5.04. The monoisotopic (exact) mass is 425 g/mol. The first-order valence-corrected chi connectivity index (χ1v) is 10.6. The lowest BCUT2D eigenvalue weighted by atomic mass is 9.95. The Balaban J connectivity index is 1.53. The molecule has 2 aromatic rings. The minimum Gasteiger partial charge on any atom is -0.463 e. The molecule has 0 bridgehead atoms. The van der Waals surface area contributed by atoms with E-state index in [1.54, 1.807) is 12.1 Å². The number of nitrogens with one attached hydrogen (secondary N) is 1. The predicted octanol–water partition coefficient (Wildman–Crippen LogP) is 4.08. The summed E-state index contributed by atoms with van der Waals surface area (Å²) in [7, 11) is 1.25. The van der Waals surface area contributed by atoms with Gasteiger partial charge in [-0.3, -0.25) is 9.69 Å². The summed E-state index contributed by atoms with van der Waals surface area (Å²) in [4.78, 5) is 37.9. The lowest BCUT2D eigenvalue weighted by molar-refractivity contribution is -0.123. The third kappa shape index (κ3) is 4.02. The molecular formula is C23H27N3O5. The molecule has 164 valence electrons. The number of ether oxygens (including phenoxy) is 1. The van der Waals surface area contributed by atoms with Gasteiger partial charge in [-0.2, -0.15) is 0 Å².